The van der Waals surface area contributed by atoms with E-state index in [2.05, 4.69) is 10.6 Å². The molecule has 0 saturated heterocycles. The first kappa shape index (κ1) is 23.9. The number of nitrogens with one attached hydrogen (secondary N) is 2. The van der Waals surface area contributed by atoms with E-state index in [9.17, 15) is 9.59 Å². The highest BCUT2D eigenvalue weighted by molar-refractivity contribution is 5.75. The summed E-state index contributed by atoms with van der Waals surface area (Å²) in [5.41, 5.74) is 1.98. The summed E-state index contributed by atoms with van der Waals surface area (Å²) in [6, 6.07) is 20.1. The quantitative estimate of drug-likeness (QED) is 0.401. The maximum Gasteiger partial charge on any atom is 0.407 e. The van der Waals surface area contributed by atoms with E-state index in [1.807, 2.05) is 60.7 Å². The van der Waals surface area contributed by atoms with Gasteiger partial charge in [0.2, 0.25) is 0 Å². The van der Waals surface area contributed by atoms with Crippen molar-refractivity contribution < 1.29 is 33.3 Å². The summed E-state index contributed by atoms with van der Waals surface area (Å²) in [5.74, 6) is -1.34. The summed E-state index contributed by atoms with van der Waals surface area (Å²) in [6.45, 7) is -0.0663. The van der Waals surface area contributed by atoms with Crippen LogP contribution in [-0.4, -0.2) is 36.4 Å². The molecule has 0 aliphatic carbocycles. The lowest BCUT2D eigenvalue weighted by Gasteiger charge is -2.16. The second kappa shape index (κ2) is 11.2. The normalized spacial score (nSPS) is 13.9. The van der Waals surface area contributed by atoms with Crippen molar-refractivity contribution >= 4 is 17.7 Å². The minimum Gasteiger partial charge on any atom is -0.488 e. The molecule has 35 heavy (non-hydrogen) atoms. The first-order valence-corrected chi connectivity index (χ1v) is 11.1. The van der Waals surface area contributed by atoms with Crippen LogP contribution >= 0.6 is 0 Å². The molecule has 1 amide bonds. The zero-order valence-electron chi connectivity index (χ0n) is 18.8. The number of carbonyl (C=O) groups excluding carboxylic acids is 1. The van der Waals surface area contributed by atoms with Crippen LogP contribution in [0.15, 0.2) is 66.7 Å². The smallest absolute Gasteiger partial charge is 0.407 e. The van der Waals surface area contributed by atoms with Crippen molar-refractivity contribution in [2.45, 2.75) is 25.7 Å². The lowest BCUT2D eigenvalue weighted by Crippen LogP contribution is -2.34. The number of carbonyl (C=O) groups is 2. The van der Waals surface area contributed by atoms with Crippen LogP contribution in [0.5, 0.6) is 11.5 Å². The van der Waals surface area contributed by atoms with Gasteiger partial charge in [-0.25, -0.2) is 9.18 Å². The molecule has 182 valence electrons. The minimum atomic E-state index is -1.13. The highest BCUT2D eigenvalue weighted by atomic mass is 19.1. The van der Waals surface area contributed by atoms with Crippen molar-refractivity contribution in [3.8, 4) is 11.5 Å². The number of benzene rings is 3. The molecule has 1 heterocycles. The zero-order chi connectivity index (χ0) is 24.6. The van der Waals surface area contributed by atoms with Gasteiger partial charge in [-0.2, -0.15) is 0 Å². The first-order chi connectivity index (χ1) is 17.0. The average molecular weight is 480 g/mol. The number of carboxylic acids is 1. The molecular weight excluding hydrogens is 455 g/mol. The molecule has 4 rings (SSSR count). The van der Waals surface area contributed by atoms with Crippen molar-refractivity contribution in [3.63, 3.8) is 0 Å². The molecule has 8 nitrogen and oxygen atoms in total. The SMILES string of the molecule is O=C(O)CNc1c(OCc2ccccc2)cc2c(c1F)C[C@H](CNC(=O)OCc1ccccc1)O2. The van der Waals surface area contributed by atoms with Gasteiger partial charge in [0.1, 0.15) is 43.0 Å². The van der Waals surface area contributed by atoms with Gasteiger partial charge in [0.25, 0.3) is 0 Å². The molecule has 1 aliphatic rings. The fourth-order valence-corrected chi connectivity index (χ4v) is 3.65. The Labute approximate surface area is 201 Å². The summed E-state index contributed by atoms with van der Waals surface area (Å²) < 4.78 is 32.2. The highest BCUT2D eigenvalue weighted by Gasteiger charge is 2.30. The molecule has 3 aromatic carbocycles. The van der Waals surface area contributed by atoms with Crippen LogP contribution in [0.3, 0.4) is 0 Å². The standard InChI is InChI=1S/C26H25FN2O6/c27-24-20-11-19(13-29-26(32)34-16-18-9-5-2-6-10-18)35-21(20)12-22(25(24)28-14-23(30)31)33-15-17-7-3-1-4-8-17/h1-10,12,19,28H,11,13-16H2,(H,29,32)(H,30,31)/t19-/m1/s1. The third kappa shape index (κ3) is 6.41. The number of aliphatic carboxylic acids is 1. The molecule has 9 heteroatoms. The van der Waals surface area contributed by atoms with Gasteiger partial charge in [-0.3, -0.25) is 4.79 Å². The number of hydrogen-bond donors (Lipinski definition) is 3. The molecule has 0 spiro atoms. The van der Waals surface area contributed by atoms with Crippen LogP contribution < -0.4 is 20.1 Å². The number of halogens is 1. The van der Waals surface area contributed by atoms with Crippen LogP contribution in [0, 0.1) is 5.82 Å². The second-order valence-corrected chi connectivity index (χ2v) is 7.95. The zero-order valence-corrected chi connectivity index (χ0v) is 18.8. The van der Waals surface area contributed by atoms with Crippen LogP contribution in [0.2, 0.25) is 0 Å². The molecule has 3 N–H and O–H groups in total. The van der Waals surface area contributed by atoms with Crippen LogP contribution in [0.1, 0.15) is 16.7 Å². The molecule has 0 fully saturated rings. The van der Waals surface area contributed by atoms with Gasteiger partial charge >= 0.3 is 12.1 Å². The van der Waals surface area contributed by atoms with Gasteiger partial charge < -0.3 is 30.0 Å². The largest absolute Gasteiger partial charge is 0.488 e. The number of anilines is 1. The molecule has 1 aliphatic heterocycles. The maximum atomic E-state index is 15.4. The third-order valence-corrected chi connectivity index (χ3v) is 5.36. The van der Waals surface area contributed by atoms with E-state index in [1.165, 1.54) is 0 Å². The summed E-state index contributed by atoms with van der Waals surface area (Å²) in [4.78, 5) is 23.1. The molecule has 0 unspecified atom stereocenters. The Morgan fingerprint density at radius 3 is 2.34 bits per heavy atom. The van der Waals surface area contributed by atoms with Gasteiger partial charge in [0, 0.05) is 18.1 Å². The number of amides is 1. The Kier molecular flexibility index (Phi) is 7.67. The minimum absolute atomic E-state index is 0.0402. The average Bonchev–Trinajstić information content (AvgIpc) is 3.29. The lowest BCUT2D eigenvalue weighted by molar-refractivity contribution is -0.134. The number of carboxylic acid groups (broad SMARTS) is 1. The van der Waals surface area contributed by atoms with Crippen LogP contribution in [0.4, 0.5) is 14.9 Å². The van der Waals surface area contributed by atoms with E-state index in [0.717, 1.165) is 11.1 Å². The lowest BCUT2D eigenvalue weighted by atomic mass is 10.1. The van der Waals surface area contributed by atoms with Crippen LogP contribution in [-0.2, 0) is 29.2 Å². The Bertz CT molecular complexity index is 1170. The second-order valence-electron chi connectivity index (χ2n) is 7.95. The van der Waals surface area contributed by atoms with E-state index in [4.69, 9.17) is 19.3 Å². The monoisotopic (exact) mass is 480 g/mol. The number of hydrogen-bond acceptors (Lipinski definition) is 6. The van der Waals surface area contributed by atoms with Gasteiger partial charge in [-0.15, -0.1) is 0 Å². The fraction of sp³-hybridized carbons (Fsp3) is 0.231. The Morgan fingerprint density at radius 1 is 1.03 bits per heavy atom. The van der Waals surface area contributed by atoms with E-state index < -0.39 is 30.5 Å². The van der Waals surface area contributed by atoms with Crippen molar-refractivity contribution in [2.24, 2.45) is 0 Å². The molecule has 0 saturated carbocycles. The first-order valence-electron chi connectivity index (χ1n) is 11.1. The van der Waals surface area contributed by atoms with Gasteiger partial charge in [-0.1, -0.05) is 60.7 Å². The molecule has 0 radical (unpaired) electrons. The van der Waals surface area contributed by atoms with Gasteiger partial charge in [0.05, 0.1) is 6.54 Å². The summed E-state index contributed by atoms with van der Waals surface area (Å²) in [5, 5.41) is 14.3. The molecule has 0 aromatic heterocycles. The van der Waals surface area contributed by atoms with Crippen LogP contribution in [0.25, 0.3) is 0 Å². The number of ether oxygens (including phenoxy) is 3. The van der Waals surface area contributed by atoms with Crippen molar-refractivity contribution in [3.05, 3.63) is 89.2 Å². The number of rotatable bonds is 10. The summed E-state index contributed by atoms with van der Waals surface area (Å²) >= 11 is 0. The van der Waals surface area contributed by atoms with Gasteiger partial charge in [0.15, 0.2) is 5.82 Å². The molecular formula is C26H25FN2O6. The Morgan fingerprint density at radius 2 is 1.69 bits per heavy atom. The summed E-state index contributed by atoms with van der Waals surface area (Å²) in [7, 11) is 0. The highest BCUT2D eigenvalue weighted by Crippen LogP contribution is 2.41. The van der Waals surface area contributed by atoms with E-state index in [0.29, 0.717) is 0 Å². The Hall–Kier alpha value is -4.27. The van der Waals surface area contributed by atoms with Crippen molar-refractivity contribution in [1.82, 2.24) is 5.32 Å². The molecule has 1 atom stereocenters. The topological polar surface area (TPSA) is 106 Å². The predicted molar refractivity (Wildman–Crippen MR) is 126 cm³/mol. The van der Waals surface area contributed by atoms with E-state index >= 15 is 4.39 Å². The maximum absolute atomic E-state index is 15.4. The van der Waals surface area contributed by atoms with Crippen molar-refractivity contribution in [1.29, 1.82) is 0 Å². The molecule has 0 bridgehead atoms. The fourth-order valence-electron chi connectivity index (χ4n) is 3.65. The number of fused-ring (bicyclic) bond motifs is 1. The van der Waals surface area contributed by atoms with Gasteiger partial charge in [-0.05, 0) is 11.1 Å². The van der Waals surface area contributed by atoms with E-state index in [1.54, 1.807) is 6.07 Å². The summed E-state index contributed by atoms with van der Waals surface area (Å²) in [6.07, 6.45) is -0.925. The van der Waals surface area contributed by atoms with Crippen molar-refractivity contribution in [2.75, 3.05) is 18.4 Å². The Balaban J connectivity index is 1.40. The number of alkyl carbamates (subject to hydrolysis) is 1. The predicted octanol–water partition coefficient (Wildman–Crippen LogP) is 4.13. The third-order valence-electron chi connectivity index (χ3n) is 5.36. The van der Waals surface area contributed by atoms with E-state index in [-0.39, 0.29) is 48.9 Å². The molecule has 3 aromatic rings.